The van der Waals surface area contributed by atoms with Gasteiger partial charge in [0.25, 0.3) is 0 Å². The van der Waals surface area contributed by atoms with Gasteiger partial charge < -0.3 is 16.0 Å². The van der Waals surface area contributed by atoms with Crippen molar-refractivity contribution in [1.29, 1.82) is 0 Å². The van der Waals surface area contributed by atoms with E-state index in [0.29, 0.717) is 22.6 Å². The first-order valence-corrected chi connectivity index (χ1v) is 12.1. The zero-order valence-corrected chi connectivity index (χ0v) is 20.9. The van der Waals surface area contributed by atoms with Crippen molar-refractivity contribution >= 4 is 39.5 Å². The van der Waals surface area contributed by atoms with Crippen LogP contribution >= 0.6 is 0 Å². The summed E-state index contributed by atoms with van der Waals surface area (Å²) in [7, 11) is 0. The van der Waals surface area contributed by atoms with Gasteiger partial charge in [-0.15, -0.1) is 10.2 Å². The molecule has 0 amide bonds. The number of allylic oxidation sites excluding steroid dienone is 5. The number of anilines is 2. The first kappa shape index (κ1) is 26.1. The number of hydrogen-bond acceptors (Lipinski definition) is 8. The predicted octanol–water partition coefficient (Wildman–Crippen LogP) is 7.24. The van der Waals surface area contributed by atoms with E-state index >= 15 is 0 Å². The highest BCUT2D eigenvalue weighted by Crippen LogP contribution is 2.41. The van der Waals surface area contributed by atoms with Crippen molar-refractivity contribution in [2.45, 2.75) is 45.4 Å². The molecule has 0 aliphatic heterocycles. The van der Waals surface area contributed by atoms with Gasteiger partial charge in [-0.25, -0.2) is 4.39 Å². The molecule has 0 fully saturated rings. The van der Waals surface area contributed by atoms with Crippen molar-refractivity contribution in [3.05, 3.63) is 71.2 Å². The van der Waals surface area contributed by atoms with Crippen LogP contribution in [-0.2, 0) is 11.1 Å². The zero-order valence-electron chi connectivity index (χ0n) is 20.1. The molecule has 0 aromatic heterocycles. The normalized spacial score (nSPS) is 19.5. The molecule has 0 heterocycles. The van der Waals surface area contributed by atoms with Gasteiger partial charge in [-0.2, -0.15) is 10.2 Å². The molecule has 2 atom stereocenters. The maximum absolute atomic E-state index is 14.0. The third-order valence-corrected chi connectivity index (χ3v) is 6.52. The molecule has 0 spiro atoms. The Hall–Kier alpha value is -3.50. The second kappa shape index (κ2) is 10.8. The molecule has 8 nitrogen and oxygen atoms in total. The standard InChI is InChI=1S/C25H29FN6O2S/c1-5-25(4)13-15(2)7-6-8-18(14-25)30-31-20-11-16(3)22(27)24(23(20)28)32-29-17-9-10-21(35(33)34)19(26)12-17/h6-12,14H,5,13,27-28H2,1-4H3,(H,33,34)/p-1. The molecular weight excluding hydrogens is 467 g/mol. The van der Waals surface area contributed by atoms with Crippen LogP contribution in [0.3, 0.4) is 0 Å². The molecule has 0 saturated carbocycles. The third kappa shape index (κ3) is 6.34. The molecule has 0 radical (unpaired) electrons. The van der Waals surface area contributed by atoms with E-state index in [1.165, 1.54) is 11.6 Å². The minimum Gasteiger partial charge on any atom is -0.768 e. The van der Waals surface area contributed by atoms with Crippen LogP contribution in [0.2, 0.25) is 0 Å². The van der Waals surface area contributed by atoms with E-state index in [1.807, 2.05) is 12.2 Å². The van der Waals surface area contributed by atoms with Gasteiger partial charge in [0.15, 0.2) is 0 Å². The molecule has 1 aliphatic carbocycles. The summed E-state index contributed by atoms with van der Waals surface area (Å²) >= 11 is -2.69. The van der Waals surface area contributed by atoms with Crippen molar-refractivity contribution in [3.63, 3.8) is 0 Å². The lowest BCUT2D eigenvalue weighted by atomic mass is 9.80. The predicted molar refractivity (Wildman–Crippen MR) is 136 cm³/mol. The van der Waals surface area contributed by atoms with E-state index in [4.69, 9.17) is 11.5 Å². The Kier molecular flexibility index (Phi) is 8.08. The summed E-state index contributed by atoms with van der Waals surface area (Å²) in [5.74, 6) is -0.931. The van der Waals surface area contributed by atoms with E-state index in [1.54, 1.807) is 13.0 Å². The largest absolute Gasteiger partial charge is 0.768 e. The summed E-state index contributed by atoms with van der Waals surface area (Å²) in [6.07, 6.45) is 9.89. The van der Waals surface area contributed by atoms with Crippen LogP contribution in [0.1, 0.15) is 39.2 Å². The molecular formula is C25H28FN6O2S-. The number of benzene rings is 2. The van der Waals surface area contributed by atoms with E-state index in [0.717, 1.165) is 25.0 Å². The number of rotatable bonds is 6. The Morgan fingerprint density at radius 3 is 2.51 bits per heavy atom. The van der Waals surface area contributed by atoms with Gasteiger partial charge >= 0.3 is 0 Å². The summed E-state index contributed by atoms with van der Waals surface area (Å²) in [6.45, 7) is 8.22. The Morgan fingerprint density at radius 2 is 1.86 bits per heavy atom. The summed E-state index contributed by atoms with van der Waals surface area (Å²) in [4.78, 5) is -0.455. The first-order valence-electron chi connectivity index (χ1n) is 11.0. The molecule has 3 rings (SSSR count). The number of halogens is 1. The van der Waals surface area contributed by atoms with E-state index in [-0.39, 0.29) is 22.5 Å². The monoisotopic (exact) mass is 495 g/mol. The minimum absolute atomic E-state index is 0.0504. The van der Waals surface area contributed by atoms with E-state index in [2.05, 4.69) is 53.4 Å². The second-order valence-corrected chi connectivity index (χ2v) is 9.67. The fraction of sp³-hybridized carbons (Fsp3) is 0.280. The van der Waals surface area contributed by atoms with Gasteiger partial charge in [0, 0.05) is 6.07 Å². The average molecular weight is 496 g/mol. The van der Waals surface area contributed by atoms with Gasteiger partial charge in [0.05, 0.1) is 27.7 Å². The van der Waals surface area contributed by atoms with E-state index in [9.17, 15) is 13.2 Å². The molecule has 184 valence electrons. The number of aryl methyl sites for hydroxylation is 1. The number of nitrogens with zero attached hydrogens (tertiary/aromatic N) is 4. The fourth-order valence-electron chi connectivity index (χ4n) is 3.66. The summed E-state index contributed by atoms with van der Waals surface area (Å²) in [5.41, 5.74) is 16.2. The quantitative estimate of drug-likeness (QED) is 0.247. The van der Waals surface area contributed by atoms with Gasteiger partial charge in [0.1, 0.15) is 17.2 Å². The molecule has 35 heavy (non-hydrogen) atoms. The van der Waals surface area contributed by atoms with Crippen molar-refractivity contribution in [1.82, 2.24) is 0 Å². The number of nitrogen functional groups attached to an aromatic ring is 2. The molecule has 4 N–H and O–H groups in total. The maximum atomic E-state index is 14.0. The van der Waals surface area contributed by atoms with Crippen LogP contribution in [-0.4, -0.2) is 8.76 Å². The van der Waals surface area contributed by atoms with Gasteiger partial charge in [-0.05, 0) is 73.0 Å². The smallest absolute Gasteiger partial charge is 0.140 e. The number of azo groups is 2. The molecule has 2 unspecified atom stereocenters. The number of nitrogens with two attached hydrogens (primary N) is 2. The van der Waals surface area contributed by atoms with Crippen LogP contribution in [0.4, 0.5) is 32.8 Å². The SMILES string of the molecule is CCC1(C)C=C(N=Nc2cc(C)c(N)c(N=Nc3ccc(S(=O)[O-])c(F)c3)c2N)C=CC=C(C)C1. The van der Waals surface area contributed by atoms with Gasteiger partial charge in [0.2, 0.25) is 0 Å². The lowest BCUT2D eigenvalue weighted by Gasteiger charge is -2.26. The molecule has 2 aromatic carbocycles. The van der Waals surface area contributed by atoms with Gasteiger partial charge in [-0.1, -0.05) is 37.6 Å². The highest BCUT2D eigenvalue weighted by Gasteiger charge is 2.21. The summed E-state index contributed by atoms with van der Waals surface area (Å²) < 4.78 is 36.0. The lowest BCUT2D eigenvalue weighted by Crippen LogP contribution is -2.13. The van der Waals surface area contributed by atoms with Crippen LogP contribution in [0, 0.1) is 18.2 Å². The van der Waals surface area contributed by atoms with E-state index < -0.39 is 21.8 Å². The van der Waals surface area contributed by atoms with Crippen molar-refractivity contribution in [2.24, 2.45) is 25.9 Å². The minimum atomic E-state index is -2.69. The molecule has 0 saturated heterocycles. The molecule has 2 aromatic rings. The van der Waals surface area contributed by atoms with Crippen LogP contribution in [0.15, 0.2) is 85.2 Å². The Balaban J connectivity index is 1.97. The van der Waals surface area contributed by atoms with Gasteiger partial charge in [-0.3, -0.25) is 4.21 Å². The van der Waals surface area contributed by atoms with Crippen LogP contribution < -0.4 is 11.5 Å². The lowest BCUT2D eigenvalue weighted by molar-refractivity contribution is 0.404. The zero-order chi connectivity index (χ0) is 25.8. The second-order valence-electron chi connectivity index (χ2n) is 8.76. The van der Waals surface area contributed by atoms with Crippen molar-refractivity contribution < 1.29 is 13.2 Å². The first-order chi connectivity index (χ1) is 16.5. The van der Waals surface area contributed by atoms with Crippen LogP contribution in [0.5, 0.6) is 0 Å². The Labute approximate surface area is 206 Å². The van der Waals surface area contributed by atoms with Crippen molar-refractivity contribution in [3.8, 4) is 0 Å². The molecule has 10 heteroatoms. The van der Waals surface area contributed by atoms with Crippen LogP contribution in [0.25, 0.3) is 0 Å². The molecule has 1 aliphatic rings. The fourth-order valence-corrected chi connectivity index (χ4v) is 4.06. The average Bonchev–Trinajstić information content (AvgIpc) is 2.79. The summed E-state index contributed by atoms with van der Waals surface area (Å²) in [5, 5.41) is 16.8. The third-order valence-electron chi connectivity index (χ3n) is 5.83. The maximum Gasteiger partial charge on any atom is 0.140 e. The Morgan fingerprint density at radius 1 is 1.11 bits per heavy atom. The highest BCUT2D eigenvalue weighted by molar-refractivity contribution is 7.79. The molecule has 0 bridgehead atoms. The topological polar surface area (TPSA) is 142 Å². The number of hydrogen-bond donors (Lipinski definition) is 2. The highest BCUT2D eigenvalue weighted by atomic mass is 32.2. The Bertz CT molecular complexity index is 1320. The van der Waals surface area contributed by atoms with Crippen molar-refractivity contribution in [2.75, 3.05) is 11.5 Å². The summed E-state index contributed by atoms with van der Waals surface area (Å²) in [6, 6.07) is 5.11.